The second-order valence-electron chi connectivity index (χ2n) is 14.6. The molecule has 0 aliphatic rings. The van der Waals surface area contributed by atoms with Gasteiger partial charge in [0.2, 0.25) is 0 Å². The van der Waals surface area contributed by atoms with Crippen molar-refractivity contribution in [2.75, 3.05) is 0 Å². The van der Waals surface area contributed by atoms with Crippen molar-refractivity contribution < 1.29 is 4.42 Å². The summed E-state index contributed by atoms with van der Waals surface area (Å²) in [6, 6.07) is 68.3. The van der Waals surface area contributed by atoms with Crippen LogP contribution in [0.1, 0.15) is 0 Å². The van der Waals surface area contributed by atoms with E-state index in [0.29, 0.717) is 5.82 Å². The molecule has 0 amide bonds. The Morgan fingerprint density at radius 2 is 0.982 bits per heavy atom. The third-order valence-electron chi connectivity index (χ3n) is 11.4. The van der Waals surface area contributed by atoms with Crippen molar-refractivity contribution in [3.05, 3.63) is 194 Å². The third-order valence-corrected chi connectivity index (χ3v) is 11.4. The Morgan fingerprint density at radius 1 is 0.368 bits per heavy atom. The summed E-state index contributed by atoms with van der Waals surface area (Å²) >= 11 is 0. The van der Waals surface area contributed by atoms with Crippen LogP contribution in [0.2, 0.25) is 0 Å². The van der Waals surface area contributed by atoms with Gasteiger partial charge < -0.3 is 8.98 Å². The van der Waals surface area contributed by atoms with Crippen LogP contribution in [-0.2, 0) is 0 Å². The van der Waals surface area contributed by atoms with E-state index in [1.165, 1.54) is 16.2 Å². The summed E-state index contributed by atoms with van der Waals surface area (Å²) in [7, 11) is 0. The van der Waals surface area contributed by atoms with E-state index in [-0.39, 0.29) is 0 Å². The second kappa shape index (κ2) is 12.4. The Morgan fingerprint density at radius 3 is 1.77 bits per heavy atom. The van der Waals surface area contributed by atoms with E-state index >= 15 is 0 Å². The van der Waals surface area contributed by atoms with Gasteiger partial charge >= 0.3 is 0 Å². The molecule has 0 radical (unpaired) electrons. The first kappa shape index (κ1) is 31.6. The van der Waals surface area contributed by atoms with Gasteiger partial charge in [-0.15, -0.1) is 0 Å². The molecular formula is C52H32N4O. The number of hydrogen-bond acceptors (Lipinski definition) is 3. The molecule has 0 aliphatic heterocycles. The molecule has 0 spiro atoms. The number of furan rings is 1. The first-order valence-electron chi connectivity index (χ1n) is 19.2. The van der Waals surface area contributed by atoms with Gasteiger partial charge in [0.25, 0.3) is 0 Å². The zero-order valence-corrected chi connectivity index (χ0v) is 30.7. The summed E-state index contributed by atoms with van der Waals surface area (Å²) in [5, 5.41) is 6.95. The van der Waals surface area contributed by atoms with Crippen LogP contribution in [0.5, 0.6) is 0 Å². The lowest BCUT2D eigenvalue weighted by molar-refractivity contribution is 0.673. The molecule has 0 aliphatic carbocycles. The van der Waals surface area contributed by atoms with Crippen molar-refractivity contribution >= 4 is 65.6 Å². The topological polar surface area (TPSA) is 48.8 Å². The number of hydrogen-bond donors (Lipinski definition) is 0. The summed E-state index contributed by atoms with van der Waals surface area (Å²) in [4.78, 5) is 10.2. The van der Waals surface area contributed by atoms with E-state index in [1.54, 1.807) is 0 Å². The van der Waals surface area contributed by atoms with Gasteiger partial charge in [0, 0.05) is 49.8 Å². The number of benzene rings is 8. The molecule has 266 valence electrons. The van der Waals surface area contributed by atoms with E-state index in [1.807, 2.05) is 36.4 Å². The van der Waals surface area contributed by atoms with Crippen LogP contribution < -0.4 is 0 Å². The number of nitrogens with zero attached hydrogens (tertiary/aromatic N) is 4. The Labute approximate surface area is 327 Å². The smallest absolute Gasteiger partial charge is 0.162 e. The van der Waals surface area contributed by atoms with Crippen molar-refractivity contribution in [2.45, 2.75) is 0 Å². The molecule has 4 aromatic heterocycles. The molecule has 8 aromatic carbocycles. The summed E-state index contributed by atoms with van der Waals surface area (Å²) in [5.41, 5.74) is 12.6. The lowest BCUT2D eigenvalue weighted by Crippen LogP contribution is -2.02. The fourth-order valence-electron chi connectivity index (χ4n) is 8.74. The monoisotopic (exact) mass is 728 g/mol. The standard InChI is InChI=1S/C52H32N4O/c1-3-13-34(14-4-1)43-32-49(54-52(53-43)35-15-5-2-6-16-35)56-44-20-10-7-17-38(44)42-31-36(25-29-46(42)56)33-23-26-37(27-24-33)55-45-21-11-8-19-41(45)50-47(55)30-28-40-39-18-9-12-22-48(39)57-51(40)50/h1-32H. The van der Waals surface area contributed by atoms with Crippen molar-refractivity contribution in [3.8, 4) is 45.3 Å². The lowest BCUT2D eigenvalue weighted by atomic mass is 10.0. The molecule has 0 unspecified atom stereocenters. The molecule has 5 heteroatoms. The molecule has 0 saturated carbocycles. The summed E-state index contributed by atoms with van der Waals surface area (Å²) in [6.07, 6.45) is 0. The van der Waals surface area contributed by atoms with Crippen LogP contribution in [0.4, 0.5) is 0 Å². The zero-order chi connectivity index (χ0) is 37.5. The first-order valence-corrected chi connectivity index (χ1v) is 19.2. The van der Waals surface area contributed by atoms with Crippen LogP contribution in [0, 0.1) is 0 Å². The Hall–Kier alpha value is -7.76. The first-order chi connectivity index (χ1) is 28.3. The number of aromatic nitrogens is 4. The number of para-hydroxylation sites is 3. The molecule has 57 heavy (non-hydrogen) atoms. The molecule has 5 nitrogen and oxygen atoms in total. The lowest BCUT2D eigenvalue weighted by Gasteiger charge is -2.12. The largest absolute Gasteiger partial charge is 0.455 e. The SMILES string of the molecule is c1ccc(-c2cc(-n3c4ccccc4c4cc(-c5ccc(-n6c7ccccc7c7c8oc9ccccc9c8ccc76)cc5)ccc43)nc(-c3ccccc3)n2)cc1. The van der Waals surface area contributed by atoms with Gasteiger partial charge in [-0.25, -0.2) is 9.97 Å². The van der Waals surface area contributed by atoms with Gasteiger partial charge in [0.05, 0.1) is 33.1 Å². The van der Waals surface area contributed by atoms with E-state index < -0.39 is 0 Å². The molecule has 0 N–H and O–H groups in total. The maximum Gasteiger partial charge on any atom is 0.162 e. The van der Waals surface area contributed by atoms with Crippen molar-refractivity contribution in [1.82, 2.24) is 19.1 Å². The summed E-state index contributed by atoms with van der Waals surface area (Å²) in [5.74, 6) is 1.52. The third kappa shape index (κ3) is 4.89. The van der Waals surface area contributed by atoms with E-state index in [2.05, 4.69) is 167 Å². The van der Waals surface area contributed by atoms with Crippen LogP contribution in [0.3, 0.4) is 0 Å². The van der Waals surface area contributed by atoms with Crippen LogP contribution in [-0.4, -0.2) is 19.1 Å². The van der Waals surface area contributed by atoms with Gasteiger partial charge in [0.1, 0.15) is 17.0 Å². The molecule has 12 rings (SSSR count). The second-order valence-corrected chi connectivity index (χ2v) is 14.6. The predicted octanol–water partition coefficient (Wildman–Crippen LogP) is 13.6. The van der Waals surface area contributed by atoms with Gasteiger partial charge in [0.15, 0.2) is 5.82 Å². The normalized spacial score (nSPS) is 11.9. The maximum atomic E-state index is 6.53. The van der Waals surface area contributed by atoms with E-state index in [4.69, 9.17) is 14.4 Å². The van der Waals surface area contributed by atoms with Gasteiger partial charge in [-0.3, -0.25) is 4.57 Å². The van der Waals surface area contributed by atoms with Crippen molar-refractivity contribution in [2.24, 2.45) is 0 Å². The molecule has 12 aromatic rings. The highest BCUT2D eigenvalue weighted by molar-refractivity contribution is 6.23. The minimum Gasteiger partial charge on any atom is -0.455 e. The average Bonchev–Trinajstić information content (AvgIpc) is 3.94. The van der Waals surface area contributed by atoms with Crippen molar-refractivity contribution in [3.63, 3.8) is 0 Å². The highest BCUT2D eigenvalue weighted by atomic mass is 16.3. The van der Waals surface area contributed by atoms with Gasteiger partial charge in [-0.05, 0) is 65.7 Å². The molecule has 4 heterocycles. The highest BCUT2D eigenvalue weighted by Crippen LogP contribution is 2.41. The van der Waals surface area contributed by atoms with Crippen LogP contribution >= 0.6 is 0 Å². The molecule has 0 atom stereocenters. The summed E-state index contributed by atoms with van der Waals surface area (Å²) in [6.45, 7) is 0. The van der Waals surface area contributed by atoms with Crippen LogP contribution in [0.25, 0.3) is 111 Å². The molecule has 0 saturated heterocycles. The average molecular weight is 729 g/mol. The quantitative estimate of drug-likeness (QED) is 0.177. The fourth-order valence-corrected chi connectivity index (χ4v) is 8.74. The molecule has 0 bridgehead atoms. The minimum atomic E-state index is 0.694. The fraction of sp³-hybridized carbons (Fsp3) is 0. The van der Waals surface area contributed by atoms with Crippen molar-refractivity contribution in [1.29, 1.82) is 0 Å². The highest BCUT2D eigenvalue weighted by Gasteiger charge is 2.20. The van der Waals surface area contributed by atoms with Gasteiger partial charge in [-0.2, -0.15) is 0 Å². The van der Waals surface area contributed by atoms with Crippen LogP contribution in [0.15, 0.2) is 199 Å². The number of fused-ring (bicyclic) bond motifs is 10. The van der Waals surface area contributed by atoms with Gasteiger partial charge in [-0.1, -0.05) is 133 Å². The number of rotatable bonds is 5. The molecular weight excluding hydrogens is 697 g/mol. The maximum absolute atomic E-state index is 6.53. The summed E-state index contributed by atoms with van der Waals surface area (Å²) < 4.78 is 11.2. The molecule has 0 fully saturated rings. The zero-order valence-electron chi connectivity index (χ0n) is 30.7. The predicted molar refractivity (Wildman–Crippen MR) is 234 cm³/mol. The van der Waals surface area contributed by atoms with E-state index in [9.17, 15) is 0 Å². The van der Waals surface area contributed by atoms with E-state index in [0.717, 1.165) is 88.8 Å². The Kier molecular flexibility index (Phi) is 6.86. The Balaban J connectivity index is 0.992. The Bertz CT molecular complexity index is 3450. The minimum absolute atomic E-state index is 0.694.